The molecule has 3 rings (SSSR count). The van der Waals surface area contributed by atoms with Gasteiger partial charge in [-0.3, -0.25) is 0 Å². The van der Waals surface area contributed by atoms with Gasteiger partial charge in [-0.1, -0.05) is 13.8 Å². The average molecular weight is 333 g/mol. The van der Waals surface area contributed by atoms with E-state index in [1.807, 2.05) is 25.3 Å². The van der Waals surface area contributed by atoms with E-state index < -0.39 is 0 Å². The Morgan fingerprint density at radius 3 is 2.96 bits per heavy atom. The Morgan fingerprint density at radius 1 is 1.48 bits per heavy atom. The van der Waals surface area contributed by atoms with Crippen LogP contribution in [0.4, 0.5) is 4.79 Å². The molecule has 0 unspecified atom stereocenters. The number of nitrogens with one attached hydrogen (secondary N) is 2. The summed E-state index contributed by atoms with van der Waals surface area (Å²) in [5.74, 6) is 1.90. The van der Waals surface area contributed by atoms with Crippen molar-refractivity contribution in [1.82, 2.24) is 15.6 Å². The number of rotatable bonds is 3. The van der Waals surface area contributed by atoms with Gasteiger partial charge in [-0.25, -0.2) is 9.78 Å². The predicted molar refractivity (Wildman–Crippen MR) is 90.5 cm³/mol. The zero-order chi connectivity index (χ0) is 16.6. The van der Waals surface area contributed by atoms with Gasteiger partial charge in [-0.2, -0.15) is 0 Å². The summed E-state index contributed by atoms with van der Waals surface area (Å²) in [5, 5.41) is 8.88. The van der Waals surface area contributed by atoms with Crippen LogP contribution in [0.25, 0.3) is 0 Å². The van der Waals surface area contributed by atoms with E-state index in [-0.39, 0.29) is 17.5 Å². The molecule has 0 aliphatic heterocycles. The van der Waals surface area contributed by atoms with Crippen LogP contribution >= 0.6 is 11.3 Å². The third-order valence-corrected chi connectivity index (χ3v) is 5.07. The summed E-state index contributed by atoms with van der Waals surface area (Å²) < 4.78 is 5.81. The number of furan rings is 1. The first-order chi connectivity index (χ1) is 10.8. The fourth-order valence-corrected chi connectivity index (χ4v) is 3.87. The smallest absolute Gasteiger partial charge is 0.315 e. The van der Waals surface area contributed by atoms with Crippen LogP contribution in [0.1, 0.15) is 54.1 Å². The largest absolute Gasteiger partial charge is 0.466 e. The van der Waals surface area contributed by atoms with Crippen LogP contribution in [0.3, 0.4) is 0 Å². The van der Waals surface area contributed by atoms with Gasteiger partial charge in [0, 0.05) is 23.1 Å². The van der Waals surface area contributed by atoms with E-state index in [2.05, 4.69) is 29.5 Å². The highest BCUT2D eigenvalue weighted by molar-refractivity contribution is 7.09. The van der Waals surface area contributed by atoms with Gasteiger partial charge in [0.25, 0.3) is 0 Å². The Hall–Kier alpha value is -1.82. The van der Waals surface area contributed by atoms with Gasteiger partial charge >= 0.3 is 6.03 Å². The van der Waals surface area contributed by atoms with Crippen molar-refractivity contribution in [2.75, 3.05) is 0 Å². The van der Waals surface area contributed by atoms with Crippen molar-refractivity contribution >= 4 is 17.4 Å². The minimum Gasteiger partial charge on any atom is -0.466 e. The van der Waals surface area contributed by atoms with E-state index in [0.29, 0.717) is 6.54 Å². The number of aromatic nitrogens is 1. The maximum Gasteiger partial charge on any atom is 0.315 e. The lowest BCUT2D eigenvalue weighted by Crippen LogP contribution is -2.41. The van der Waals surface area contributed by atoms with Crippen molar-refractivity contribution < 1.29 is 9.21 Å². The lowest BCUT2D eigenvalue weighted by Gasteiger charge is -2.34. The standard InChI is InChI=1S/C17H23N3O2S/c1-10-9-23-15(19-10)8-18-16(21)20-13-6-17(3,4)7-14-12(13)5-11(2)22-14/h5,9,13H,6-8H2,1-4H3,(H2,18,20,21)/t13-/m0/s1. The molecule has 6 heteroatoms. The number of urea groups is 1. The van der Waals surface area contributed by atoms with Crippen LogP contribution in [0.15, 0.2) is 15.9 Å². The highest BCUT2D eigenvalue weighted by atomic mass is 32.1. The number of carbonyl (C=O) groups is 1. The fraction of sp³-hybridized carbons (Fsp3) is 0.529. The maximum atomic E-state index is 12.2. The molecule has 0 bridgehead atoms. The minimum atomic E-state index is -0.162. The summed E-state index contributed by atoms with van der Waals surface area (Å²) in [7, 11) is 0. The number of hydrogen-bond donors (Lipinski definition) is 2. The Labute approximate surface area is 140 Å². The average Bonchev–Trinajstić information content (AvgIpc) is 3.00. The number of fused-ring (bicyclic) bond motifs is 1. The fourth-order valence-electron chi connectivity index (χ4n) is 3.16. The van der Waals surface area contributed by atoms with Crippen molar-refractivity contribution in [1.29, 1.82) is 0 Å². The number of hydrogen-bond acceptors (Lipinski definition) is 4. The molecular weight excluding hydrogens is 310 g/mol. The van der Waals surface area contributed by atoms with Crippen molar-refractivity contribution in [2.45, 2.75) is 53.1 Å². The van der Waals surface area contributed by atoms with Gasteiger partial charge in [-0.05, 0) is 31.7 Å². The van der Waals surface area contributed by atoms with E-state index in [1.165, 1.54) is 0 Å². The zero-order valence-corrected chi connectivity index (χ0v) is 14.8. The molecule has 0 saturated carbocycles. The molecule has 1 aliphatic carbocycles. The van der Waals surface area contributed by atoms with E-state index in [1.54, 1.807) is 11.3 Å². The van der Waals surface area contributed by atoms with Crippen molar-refractivity contribution in [2.24, 2.45) is 5.41 Å². The minimum absolute atomic E-state index is 0.00997. The third kappa shape index (κ3) is 3.75. The van der Waals surface area contributed by atoms with Crippen LogP contribution in [0, 0.1) is 19.3 Å². The number of amides is 2. The molecule has 23 heavy (non-hydrogen) atoms. The lowest BCUT2D eigenvalue weighted by atomic mass is 9.75. The quantitative estimate of drug-likeness (QED) is 0.896. The molecule has 0 spiro atoms. The van der Waals surface area contributed by atoms with E-state index in [4.69, 9.17) is 4.42 Å². The lowest BCUT2D eigenvalue weighted by molar-refractivity contribution is 0.214. The second-order valence-corrected chi connectivity index (χ2v) is 7.99. The highest BCUT2D eigenvalue weighted by Crippen LogP contribution is 2.41. The molecule has 0 radical (unpaired) electrons. The highest BCUT2D eigenvalue weighted by Gasteiger charge is 2.35. The molecule has 0 aromatic carbocycles. The molecule has 2 aromatic heterocycles. The Kier molecular flexibility index (Phi) is 4.19. The van der Waals surface area contributed by atoms with Gasteiger partial charge in [0.1, 0.15) is 16.5 Å². The van der Waals surface area contributed by atoms with Crippen LogP contribution in [-0.4, -0.2) is 11.0 Å². The molecule has 2 heterocycles. The first kappa shape index (κ1) is 16.1. The van der Waals surface area contributed by atoms with Crippen LogP contribution in [-0.2, 0) is 13.0 Å². The molecule has 124 valence electrons. The maximum absolute atomic E-state index is 12.2. The molecule has 2 amide bonds. The van der Waals surface area contributed by atoms with E-state index in [9.17, 15) is 4.79 Å². The third-order valence-electron chi connectivity index (χ3n) is 4.11. The Balaban J connectivity index is 1.65. The van der Waals surface area contributed by atoms with Gasteiger partial charge in [-0.15, -0.1) is 11.3 Å². The zero-order valence-electron chi connectivity index (χ0n) is 14.0. The molecule has 1 aliphatic rings. The van der Waals surface area contributed by atoms with Gasteiger partial charge in [0.05, 0.1) is 12.6 Å². The molecule has 2 aromatic rings. The van der Waals surface area contributed by atoms with E-state index in [0.717, 1.165) is 40.6 Å². The topological polar surface area (TPSA) is 67.2 Å². The second-order valence-electron chi connectivity index (χ2n) is 7.04. The Bertz CT molecular complexity index is 717. The molecule has 1 atom stereocenters. The van der Waals surface area contributed by atoms with Crippen molar-refractivity contribution in [3.8, 4) is 0 Å². The van der Waals surface area contributed by atoms with Crippen molar-refractivity contribution in [3.05, 3.63) is 39.2 Å². The number of carbonyl (C=O) groups excluding carboxylic acids is 1. The summed E-state index contributed by atoms with van der Waals surface area (Å²) in [6, 6.07) is 1.87. The van der Waals surface area contributed by atoms with Crippen LogP contribution in [0.2, 0.25) is 0 Å². The Morgan fingerprint density at radius 2 is 2.26 bits per heavy atom. The summed E-state index contributed by atoms with van der Waals surface area (Å²) in [6.07, 6.45) is 1.82. The first-order valence-electron chi connectivity index (χ1n) is 7.87. The number of thiazole rings is 1. The normalized spacial score (nSPS) is 19.2. The molecule has 0 fully saturated rings. The van der Waals surface area contributed by atoms with Gasteiger partial charge in [0.15, 0.2) is 0 Å². The number of aryl methyl sites for hydroxylation is 2. The first-order valence-corrected chi connectivity index (χ1v) is 8.75. The summed E-state index contributed by atoms with van der Waals surface area (Å²) in [6.45, 7) is 8.77. The summed E-state index contributed by atoms with van der Waals surface area (Å²) in [4.78, 5) is 16.6. The van der Waals surface area contributed by atoms with Crippen LogP contribution in [0.5, 0.6) is 0 Å². The van der Waals surface area contributed by atoms with E-state index >= 15 is 0 Å². The van der Waals surface area contributed by atoms with Crippen LogP contribution < -0.4 is 10.6 Å². The monoisotopic (exact) mass is 333 g/mol. The van der Waals surface area contributed by atoms with Crippen molar-refractivity contribution in [3.63, 3.8) is 0 Å². The van der Waals surface area contributed by atoms with Gasteiger partial charge < -0.3 is 15.1 Å². The molecule has 2 N–H and O–H groups in total. The molecular formula is C17H23N3O2S. The predicted octanol–water partition coefficient (Wildman–Crippen LogP) is 3.87. The van der Waals surface area contributed by atoms with Gasteiger partial charge in [0.2, 0.25) is 0 Å². The summed E-state index contributed by atoms with van der Waals surface area (Å²) in [5.41, 5.74) is 2.21. The number of nitrogens with zero attached hydrogens (tertiary/aromatic N) is 1. The molecule has 0 saturated heterocycles. The SMILES string of the molecule is Cc1csc(CNC(=O)N[C@H]2CC(C)(C)Cc3oc(C)cc32)n1. The second kappa shape index (κ2) is 6.00. The molecule has 5 nitrogen and oxygen atoms in total. The summed E-state index contributed by atoms with van der Waals surface area (Å²) >= 11 is 1.56.